The first-order valence-electron chi connectivity index (χ1n) is 6.20. The summed E-state index contributed by atoms with van der Waals surface area (Å²) in [6, 6.07) is 8.80. The van der Waals surface area contributed by atoms with E-state index in [4.69, 9.17) is 4.42 Å². The van der Waals surface area contributed by atoms with Crippen molar-refractivity contribution in [2.24, 2.45) is 0 Å². The van der Waals surface area contributed by atoms with Crippen LogP contribution >= 0.6 is 15.9 Å². The van der Waals surface area contributed by atoms with Gasteiger partial charge in [-0.1, -0.05) is 28.1 Å². The molecule has 0 amide bonds. The lowest BCUT2D eigenvalue weighted by Crippen LogP contribution is -2.12. The van der Waals surface area contributed by atoms with Gasteiger partial charge in [-0.25, -0.2) is 0 Å². The Labute approximate surface area is 128 Å². The lowest BCUT2D eigenvalue weighted by atomic mass is 10.1. The molecule has 0 spiro atoms. The van der Waals surface area contributed by atoms with E-state index in [9.17, 15) is 9.90 Å². The summed E-state index contributed by atoms with van der Waals surface area (Å²) in [5.74, 6) is 0.317. The third-order valence-corrected chi connectivity index (χ3v) is 3.64. The van der Waals surface area contributed by atoms with Crippen molar-refractivity contribution in [1.29, 1.82) is 0 Å². The topological polar surface area (TPSA) is 79.1 Å². The number of nitrogens with one attached hydrogen (secondary N) is 1. The second kappa shape index (κ2) is 5.21. The first kappa shape index (κ1) is 13.6. The lowest BCUT2D eigenvalue weighted by molar-refractivity contribution is 0.452. The Morgan fingerprint density at radius 2 is 1.95 bits per heavy atom. The van der Waals surface area contributed by atoms with Gasteiger partial charge in [0.2, 0.25) is 5.88 Å². The number of aromatic hydroxyl groups is 1. The van der Waals surface area contributed by atoms with Crippen LogP contribution in [0.25, 0.3) is 22.7 Å². The number of aromatic amines is 1. The molecule has 0 aliphatic heterocycles. The van der Waals surface area contributed by atoms with Gasteiger partial charge in [0.25, 0.3) is 5.56 Å². The molecule has 0 saturated heterocycles. The van der Waals surface area contributed by atoms with Crippen LogP contribution in [0, 0.1) is 6.92 Å². The largest absolute Gasteiger partial charge is 0.493 e. The molecule has 0 saturated carbocycles. The third-order valence-electron chi connectivity index (χ3n) is 3.11. The molecule has 0 fully saturated rings. The van der Waals surface area contributed by atoms with E-state index in [1.54, 1.807) is 30.3 Å². The maximum Gasteiger partial charge on any atom is 0.263 e. The van der Waals surface area contributed by atoms with Crippen molar-refractivity contribution < 1.29 is 9.52 Å². The van der Waals surface area contributed by atoms with Gasteiger partial charge in [0.05, 0.1) is 6.26 Å². The van der Waals surface area contributed by atoms with Crippen LogP contribution in [0.15, 0.2) is 50.3 Å². The normalized spacial score (nSPS) is 10.8. The molecular formula is C15H11BrN2O3. The molecule has 6 heteroatoms. The molecule has 2 aromatic heterocycles. The SMILES string of the molecule is Cc1ccoc1-c1nc(O)c(-c2ccc(Br)cc2)c(=O)[nH]1. The number of furan rings is 1. The predicted octanol–water partition coefficient (Wildman–Crippen LogP) is 3.47. The third kappa shape index (κ3) is 2.50. The van der Waals surface area contributed by atoms with Crippen LogP contribution in [0.4, 0.5) is 0 Å². The number of halogens is 1. The highest BCUT2D eigenvalue weighted by molar-refractivity contribution is 9.10. The van der Waals surface area contributed by atoms with Crippen molar-refractivity contribution in [1.82, 2.24) is 9.97 Å². The molecule has 0 atom stereocenters. The zero-order chi connectivity index (χ0) is 15.0. The average Bonchev–Trinajstić information content (AvgIpc) is 2.86. The summed E-state index contributed by atoms with van der Waals surface area (Å²) in [7, 11) is 0. The van der Waals surface area contributed by atoms with E-state index in [0.717, 1.165) is 10.0 Å². The molecule has 106 valence electrons. The molecule has 1 aromatic carbocycles. The maximum absolute atomic E-state index is 12.2. The molecular weight excluding hydrogens is 336 g/mol. The fourth-order valence-corrected chi connectivity index (χ4v) is 2.33. The first-order valence-corrected chi connectivity index (χ1v) is 6.99. The Bertz CT molecular complexity index is 850. The average molecular weight is 347 g/mol. The summed E-state index contributed by atoms with van der Waals surface area (Å²) in [6.45, 7) is 1.83. The minimum Gasteiger partial charge on any atom is -0.493 e. The van der Waals surface area contributed by atoms with Crippen LogP contribution in [-0.4, -0.2) is 15.1 Å². The van der Waals surface area contributed by atoms with Crippen molar-refractivity contribution >= 4 is 15.9 Å². The standard InChI is InChI=1S/C15H11BrN2O3/c1-8-6-7-21-12(8)13-17-14(19)11(15(20)18-13)9-2-4-10(16)5-3-9/h2-7H,1H3,(H2,17,18,19,20). The summed E-state index contributed by atoms with van der Waals surface area (Å²) < 4.78 is 6.16. The van der Waals surface area contributed by atoms with E-state index < -0.39 is 5.56 Å². The predicted molar refractivity (Wildman–Crippen MR) is 82.1 cm³/mol. The number of benzene rings is 1. The molecule has 3 aromatic rings. The number of H-pyrrole nitrogens is 1. The Balaban J connectivity index is 2.15. The van der Waals surface area contributed by atoms with Crippen LogP contribution < -0.4 is 5.56 Å². The molecule has 0 unspecified atom stereocenters. The lowest BCUT2D eigenvalue weighted by Gasteiger charge is -2.05. The first-order chi connectivity index (χ1) is 10.1. The molecule has 21 heavy (non-hydrogen) atoms. The zero-order valence-electron chi connectivity index (χ0n) is 11.1. The van der Waals surface area contributed by atoms with E-state index in [1.807, 2.05) is 6.92 Å². The van der Waals surface area contributed by atoms with Crippen molar-refractivity contribution in [3.8, 4) is 28.6 Å². The second-order valence-corrected chi connectivity index (χ2v) is 5.47. The molecule has 3 rings (SSSR count). The minimum absolute atomic E-state index is 0.135. The van der Waals surface area contributed by atoms with Crippen LogP contribution in [-0.2, 0) is 0 Å². The van der Waals surface area contributed by atoms with Gasteiger partial charge in [0.1, 0.15) is 5.56 Å². The summed E-state index contributed by atoms with van der Waals surface area (Å²) in [6.07, 6.45) is 1.50. The van der Waals surface area contributed by atoms with Crippen molar-refractivity contribution in [3.05, 3.63) is 57.0 Å². The molecule has 2 N–H and O–H groups in total. The van der Waals surface area contributed by atoms with Crippen LogP contribution in [0.1, 0.15) is 5.56 Å². The van der Waals surface area contributed by atoms with Crippen LogP contribution in [0.3, 0.4) is 0 Å². The van der Waals surface area contributed by atoms with Gasteiger partial charge >= 0.3 is 0 Å². The minimum atomic E-state index is -0.421. The number of nitrogens with zero attached hydrogens (tertiary/aromatic N) is 1. The Hall–Kier alpha value is -2.34. The molecule has 2 heterocycles. The molecule has 0 aliphatic rings. The Morgan fingerprint density at radius 3 is 2.52 bits per heavy atom. The monoisotopic (exact) mass is 346 g/mol. The van der Waals surface area contributed by atoms with Gasteiger partial charge < -0.3 is 14.5 Å². The maximum atomic E-state index is 12.2. The van der Waals surface area contributed by atoms with E-state index in [1.165, 1.54) is 6.26 Å². The molecule has 5 nitrogen and oxygen atoms in total. The van der Waals surface area contributed by atoms with Gasteiger partial charge in [-0.05, 0) is 36.2 Å². The number of hydrogen-bond donors (Lipinski definition) is 2. The Kier molecular flexibility index (Phi) is 3.39. The van der Waals surface area contributed by atoms with Crippen LogP contribution in [0.2, 0.25) is 0 Å². The number of aryl methyl sites for hydroxylation is 1. The highest BCUT2D eigenvalue weighted by Crippen LogP contribution is 2.28. The smallest absolute Gasteiger partial charge is 0.263 e. The Morgan fingerprint density at radius 1 is 1.24 bits per heavy atom. The van der Waals surface area contributed by atoms with Gasteiger partial charge in [-0.2, -0.15) is 4.98 Å². The second-order valence-electron chi connectivity index (χ2n) is 4.55. The van der Waals surface area contributed by atoms with Gasteiger partial charge in [0.15, 0.2) is 11.6 Å². The summed E-state index contributed by atoms with van der Waals surface area (Å²) >= 11 is 3.32. The van der Waals surface area contributed by atoms with Gasteiger partial charge in [0, 0.05) is 4.47 Å². The zero-order valence-corrected chi connectivity index (χ0v) is 12.6. The van der Waals surface area contributed by atoms with E-state index >= 15 is 0 Å². The fraction of sp³-hybridized carbons (Fsp3) is 0.0667. The number of aromatic nitrogens is 2. The van der Waals surface area contributed by atoms with E-state index in [2.05, 4.69) is 25.9 Å². The van der Waals surface area contributed by atoms with Crippen LogP contribution in [0.5, 0.6) is 5.88 Å². The summed E-state index contributed by atoms with van der Waals surface area (Å²) in [5, 5.41) is 10.1. The highest BCUT2D eigenvalue weighted by Gasteiger charge is 2.16. The molecule has 0 radical (unpaired) electrons. The highest BCUT2D eigenvalue weighted by atomic mass is 79.9. The number of hydrogen-bond acceptors (Lipinski definition) is 4. The fourth-order valence-electron chi connectivity index (χ4n) is 2.06. The van der Waals surface area contributed by atoms with Gasteiger partial charge in [-0.15, -0.1) is 0 Å². The van der Waals surface area contributed by atoms with Gasteiger partial charge in [-0.3, -0.25) is 4.79 Å². The van der Waals surface area contributed by atoms with Crippen molar-refractivity contribution in [2.75, 3.05) is 0 Å². The summed E-state index contributed by atoms with van der Waals surface area (Å²) in [4.78, 5) is 18.9. The summed E-state index contributed by atoms with van der Waals surface area (Å²) in [5.41, 5.74) is 1.13. The number of rotatable bonds is 2. The van der Waals surface area contributed by atoms with E-state index in [0.29, 0.717) is 11.3 Å². The molecule has 0 aliphatic carbocycles. The molecule has 0 bridgehead atoms. The van der Waals surface area contributed by atoms with E-state index in [-0.39, 0.29) is 17.3 Å². The van der Waals surface area contributed by atoms with Crippen molar-refractivity contribution in [3.63, 3.8) is 0 Å². The van der Waals surface area contributed by atoms with Crippen molar-refractivity contribution in [2.45, 2.75) is 6.92 Å². The quantitative estimate of drug-likeness (QED) is 0.744.